The van der Waals surface area contributed by atoms with E-state index in [2.05, 4.69) is 15.4 Å². The van der Waals surface area contributed by atoms with Crippen molar-refractivity contribution in [3.05, 3.63) is 33.0 Å². The largest absolute Gasteiger partial charge is 0.381 e. The van der Waals surface area contributed by atoms with Crippen LogP contribution in [0.3, 0.4) is 0 Å². The predicted molar refractivity (Wildman–Crippen MR) is 84.1 cm³/mol. The second-order valence-electron chi connectivity index (χ2n) is 5.59. The Bertz CT molecular complexity index is 666. The van der Waals surface area contributed by atoms with Crippen LogP contribution in [-0.2, 0) is 18.3 Å². The van der Waals surface area contributed by atoms with Crippen LogP contribution >= 0.6 is 11.3 Å². The van der Waals surface area contributed by atoms with Crippen molar-refractivity contribution in [1.29, 1.82) is 0 Å². The number of nitrogens with zero attached hydrogens (tertiary/aromatic N) is 3. The number of hydrogen-bond donors (Lipinski definition) is 1. The molecule has 0 bridgehead atoms. The van der Waals surface area contributed by atoms with E-state index >= 15 is 0 Å². The van der Waals surface area contributed by atoms with E-state index in [0.717, 1.165) is 29.4 Å². The third-order valence-electron chi connectivity index (χ3n) is 3.89. The summed E-state index contributed by atoms with van der Waals surface area (Å²) in [6, 6.07) is 0. The molecule has 1 aliphatic rings. The van der Waals surface area contributed by atoms with Gasteiger partial charge in [0.25, 0.3) is 5.91 Å². The molecule has 2 aromatic rings. The number of carbonyl (C=O) groups excluding carboxylic acids is 1. The molecule has 22 heavy (non-hydrogen) atoms. The van der Waals surface area contributed by atoms with Crippen molar-refractivity contribution in [3.8, 4) is 0 Å². The minimum Gasteiger partial charge on any atom is -0.381 e. The summed E-state index contributed by atoms with van der Waals surface area (Å²) in [6.45, 7) is 5.85. The van der Waals surface area contributed by atoms with E-state index in [9.17, 15) is 4.79 Å². The molecule has 3 rings (SSSR count). The Morgan fingerprint density at radius 3 is 3.00 bits per heavy atom. The fourth-order valence-electron chi connectivity index (χ4n) is 2.60. The Balaban J connectivity index is 1.71. The average molecular weight is 320 g/mol. The van der Waals surface area contributed by atoms with Crippen molar-refractivity contribution in [2.24, 2.45) is 7.05 Å². The van der Waals surface area contributed by atoms with Gasteiger partial charge in [-0.15, -0.1) is 11.3 Å². The number of ether oxygens (including phenoxy) is 1. The lowest BCUT2D eigenvalue weighted by atomic mass is 10.0. The Kier molecular flexibility index (Phi) is 4.26. The van der Waals surface area contributed by atoms with Gasteiger partial charge in [-0.2, -0.15) is 5.10 Å². The lowest BCUT2D eigenvalue weighted by Crippen LogP contribution is -2.24. The van der Waals surface area contributed by atoms with E-state index in [0.29, 0.717) is 18.7 Å². The summed E-state index contributed by atoms with van der Waals surface area (Å²) >= 11 is 1.62. The van der Waals surface area contributed by atoms with E-state index in [1.165, 1.54) is 4.88 Å². The van der Waals surface area contributed by atoms with Crippen molar-refractivity contribution in [2.75, 3.05) is 13.2 Å². The van der Waals surface area contributed by atoms with Crippen LogP contribution in [0.15, 0.2) is 6.20 Å². The van der Waals surface area contributed by atoms with Crippen molar-refractivity contribution in [3.63, 3.8) is 0 Å². The minimum atomic E-state index is -0.0968. The molecule has 118 valence electrons. The zero-order valence-corrected chi connectivity index (χ0v) is 13.9. The van der Waals surface area contributed by atoms with E-state index in [-0.39, 0.29) is 11.8 Å². The van der Waals surface area contributed by atoms with Crippen LogP contribution < -0.4 is 5.32 Å². The Labute approximate surface area is 133 Å². The molecule has 1 atom stereocenters. The third kappa shape index (κ3) is 3.05. The average Bonchev–Trinajstić information content (AvgIpc) is 3.18. The highest BCUT2D eigenvalue weighted by molar-refractivity contribution is 7.11. The first-order valence-electron chi connectivity index (χ1n) is 7.37. The molecular formula is C15H20N4O2S. The van der Waals surface area contributed by atoms with Gasteiger partial charge < -0.3 is 10.1 Å². The van der Waals surface area contributed by atoms with Crippen LogP contribution in [0.25, 0.3) is 0 Å². The predicted octanol–water partition coefficient (Wildman–Crippen LogP) is 1.93. The van der Waals surface area contributed by atoms with Crippen LogP contribution in [0, 0.1) is 13.8 Å². The van der Waals surface area contributed by atoms with Gasteiger partial charge in [0.15, 0.2) is 0 Å². The maximum absolute atomic E-state index is 12.5. The molecular weight excluding hydrogens is 300 g/mol. The molecule has 0 radical (unpaired) electrons. The Morgan fingerprint density at radius 2 is 2.36 bits per heavy atom. The fraction of sp³-hybridized carbons (Fsp3) is 0.533. The molecule has 0 saturated carbocycles. The maximum atomic E-state index is 12.5. The molecule has 1 saturated heterocycles. The third-order valence-corrected chi connectivity index (χ3v) is 4.96. The Hall–Kier alpha value is -1.73. The number of aryl methyl sites for hydroxylation is 3. The van der Waals surface area contributed by atoms with Gasteiger partial charge in [0.05, 0.1) is 30.1 Å². The van der Waals surface area contributed by atoms with Crippen LogP contribution in [0.4, 0.5) is 0 Å². The molecule has 1 aliphatic heterocycles. The molecule has 6 nitrogen and oxygen atoms in total. The lowest BCUT2D eigenvalue weighted by Gasteiger charge is -2.07. The molecule has 0 aromatic carbocycles. The molecule has 1 N–H and O–H groups in total. The monoisotopic (exact) mass is 320 g/mol. The molecule has 0 spiro atoms. The first kappa shape index (κ1) is 15.2. The molecule has 1 amide bonds. The van der Waals surface area contributed by atoms with Gasteiger partial charge in [-0.05, 0) is 20.3 Å². The molecule has 0 aliphatic carbocycles. The van der Waals surface area contributed by atoms with E-state index in [1.807, 2.05) is 20.9 Å². The van der Waals surface area contributed by atoms with Crippen molar-refractivity contribution < 1.29 is 9.53 Å². The molecule has 3 heterocycles. The van der Waals surface area contributed by atoms with E-state index in [4.69, 9.17) is 4.74 Å². The van der Waals surface area contributed by atoms with Crippen molar-refractivity contribution in [1.82, 2.24) is 20.1 Å². The number of aromatic nitrogens is 3. The number of hydrogen-bond acceptors (Lipinski definition) is 5. The highest BCUT2D eigenvalue weighted by Gasteiger charge is 2.26. The van der Waals surface area contributed by atoms with Crippen LogP contribution in [0.1, 0.15) is 44.0 Å². The van der Waals surface area contributed by atoms with Crippen LogP contribution in [0.5, 0.6) is 0 Å². The molecule has 1 fully saturated rings. The molecule has 0 unspecified atom stereocenters. The van der Waals surface area contributed by atoms with Gasteiger partial charge in [-0.3, -0.25) is 9.48 Å². The number of amides is 1. The highest BCUT2D eigenvalue weighted by atomic mass is 32.1. The summed E-state index contributed by atoms with van der Waals surface area (Å²) in [5.41, 5.74) is 2.51. The number of carbonyl (C=O) groups is 1. The summed E-state index contributed by atoms with van der Waals surface area (Å²) in [5, 5.41) is 8.33. The zero-order chi connectivity index (χ0) is 15.7. The smallest absolute Gasteiger partial charge is 0.255 e. The summed E-state index contributed by atoms with van der Waals surface area (Å²) in [7, 11) is 1.84. The first-order chi connectivity index (χ1) is 10.5. The van der Waals surface area contributed by atoms with Gasteiger partial charge in [-0.1, -0.05) is 0 Å². The summed E-state index contributed by atoms with van der Waals surface area (Å²) in [6.07, 6.45) is 2.70. The van der Waals surface area contributed by atoms with E-state index in [1.54, 1.807) is 22.2 Å². The SMILES string of the molecule is Cc1nc(CNC(=O)c2cn(C)nc2[C@H]2CCOC2)sc1C. The van der Waals surface area contributed by atoms with Gasteiger partial charge in [0, 0.05) is 30.6 Å². The zero-order valence-electron chi connectivity index (χ0n) is 13.0. The molecule has 2 aromatic heterocycles. The lowest BCUT2D eigenvalue weighted by molar-refractivity contribution is 0.0949. The number of nitrogens with one attached hydrogen (secondary N) is 1. The second kappa shape index (κ2) is 6.18. The minimum absolute atomic E-state index is 0.0968. The fourth-order valence-corrected chi connectivity index (χ4v) is 3.47. The molecule has 7 heteroatoms. The Morgan fingerprint density at radius 1 is 1.55 bits per heavy atom. The van der Waals surface area contributed by atoms with E-state index < -0.39 is 0 Å². The van der Waals surface area contributed by atoms with Crippen LogP contribution in [-0.4, -0.2) is 33.9 Å². The normalized spacial score (nSPS) is 17.9. The standard InChI is InChI=1S/C15H20N4O2S/c1-9-10(2)22-13(17-9)6-16-15(20)12-7-19(3)18-14(12)11-4-5-21-8-11/h7,11H,4-6,8H2,1-3H3,(H,16,20)/t11-/m0/s1. The highest BCUT2D eigenvalue weighted by Crippen LogP contribution is 2.26. The first-order valence-corrected chi connectivity index (χ1v) is 8.18. The summed E-state index contributed by atoms with van der Waals surface area (Å²) in [4.78, 5) is 18.1. The van der Waals surface area contributed by atoms with Crippen molar-refractivity contribution in [2.45, 2.75) is 32.7 Å². The van der Waals surface area contributed by atoms with Gasteiger partial charge in [-0.25, -0.2) is 4.98 Å². The number of thiazole rings is 1. The summed E-state index contributed by atoms with van der Waals surface area (Å²) in [5.74, 6) is 0.117. The topological polar surface area (TPSA) is 69.0 Å². The maximum Gasteiger partial charge on any atom is 0.255 e. The van der Waals surface area contributed by atoms with Crippen molar-refractivity contribution >= 4 is 17.2 Å². The quantitative estimate of drug-likeness (QED) is 0.934. The van der Waals surface area contributed by atoms with Crippen LogP contribution in [0.2, 0.25) is 0 Å². The van der Waals surface area contributed by atoms with Gasteiger partial charge in [0.2, 0.25) is 0 Å². The second-order valence-corrected chi connectivity index (χ2v) is 6.88. The van der Waals surface area contributed by atoms with Gasteiger partial charge in [0.1, 0.15) is 5.01 Å². The summed E-state index contributed by atoms with van der Waals surface area (Å²) < 4.78 is 7.11. The van der Waals surface area contributed by atoms with Gasteiger partial charge >= 0.3 is 0 Å². The number of rotatable bonds is 4.